The number of rotatable bonds is 9. The molecule has 2 heterocycles. The number of hydrogen-bond acceptors (Lipinski definition) is 7. The van der Waals surface area contributed by atoms with Crippen molar-refractivity contribution in [1.82, 2.24) is 14.8 Å². The Morgan fingerprint density at radius 1 is 1.24 bits per heavy atom. The Morgan fingerprint density at radius 3 is 2.72 bits per heavy atom. The zero-order chi connectivity index (χ0) is 20.8. The highest BCUT2D eigenvalue weighted by Crippen LogP contribution is 2.32. The van der Waals surface area contributed by atoms with E-state index in [9.17, 15) is 9.59 Å². The van der Waals surface area contributed by atoms with Crippen molar-refractivity contribution in [3.8, 4) is 11.5 Å². The van der Waals surface area contributed by atoms with Crippen molar-refractivity contribution < 1.29 is 19.1 Å². The molecular weight excluding hydrogens is 394 g/mol. The highest BCUT2D eigenvalue weighted by Gasteiger charge is 2.17. The summed E-state index contributed by atoms with van der Waals surface area (Å²) >= 11 is 1.31. The minimum absolute atomic E-state index is 0.163. The van der Waals surface area contributed by atoms with Gasteiger partial charge >= 0.3 is 0 Å². The van der Waals surface area contributed by atoms with Crippen LogP contribution in [0, 0.1) is 5.92 Å². The predicted octanol–water partition coefficient (Wildman–Crippen LogP) is 1.85. The van der Waals surface area contributed by atoms with E-state index in [0.29, 0.717) is 60.3 Å². The molecule has 1 aliphatic rings. The van der Waals surface area contributed by atoms with E-state index >= 15 is 0 Å². The molecule has 1 aromatic heterocycles. The number of nitrogens with one attached hydrogen (secondary N) is 1. The summed E-state index contributed by atoms with van der Waals surface area (Å²) in [5, 5.41) is 11.9. The first kappa shape index (κ1) is 21.0. The summed E-state index contributed by atoms with van der Waals surface area (Å²) in [5.41, 5.74) is 5.89. The summed E-state index contributed by atoms with van der Waals surface area (Å²) in [7, 11) is 0. The summed E-state index contributed by atoms with van der Waals surface area (Å²) in [6, 6.07) is 5.31. The second kappa shape index (κ2) is 9.64. The second-order valence-electron chi connectivity index (χ2n) is 7.06. The van der Waals surface area contributed by atoms with Crippen molar-refractivity contribution in [2.24, 2.45) is 11.7 Å². The Kier molecular flexibility index (Phi) is 6.97. The molecule has 2 aromatic rings. The van der Waals surface area contributed by atoms with E-state index in [1.165, 1.54) is 11.8 Å². The lowest BCUT2D eigenvalue weighted by molar-refractivity contribution is -0.118. The first-order valence-electron chi connectivity index (χ1n) is 9.45. The highest BCUT2D eigenvalue weighted by molar-refractivity contribution is 7.99. The quantitative estimate of drug-likeness (QED) is 0.595. The molecule has 0 aliphatic carbocycles. The smallest absolute Gasteiger partial charge is 0.234 e. The van der Waals surface area contributed by atoms with Gasteiger partial charge in [0.1, 0.15) is 19.0 Å². The maximum Gasteiger partial charge on any atom is 0.234 e. The third-order valence-corrected chi connectivity index (χ3v) is 5.06. The standard InChI is InChI=1S/C19H25N5O4S/c1-12(2)10-24-17(6-5-16(20)25)22-23-19(24)29-11-18(26)21-13-3-4-14-15(9-13)28-8-7-27-14/h3-4,9,12H,5-8,10-11H2,1-2H3,(H2,20,25)(H,21,26). The fraction of sp³-hybridized carbons (Fsp3) is 0.474. The third kappa shape index (κ3) is 5.86. The molecule has 0 fully saturated rings. The van der Waals surface area contributed by atoms with Crippen molar-refractivity contribution in [3.63, 3.8) is 0 Å². The number of nitrogens with zero attached hydrogens (tertiary/aromatic N) is 3. The van der Waals surface area contributed by atoms with Crippen LogP contribution in [0.2, 0.25) is 0 Å². The van der Waals surface area contributed by atoms with Crippen molar-refractivity contribution >= 4 is 29.3 Å². The average molecular weight is 420 g/mol. The van der Waals surface area contributed by atoms with E-state index in [-0.39, 0.29) is 24.0 Å². The van der Waals surface area contributed by atoms with Gasteiger partial charge in [-0.05, 0) is 18.1 Å². The van der Waals surface area contributed by atoms with Gasteiger partial charge in [-0.3, -0.25) is 9.59 Å². The summed E-state index contributed by atoms with van der Waals surface area (Å²) < 4.78 is 13.0. The molecule has 0 saturated carbocycles. The number of amides is 2. The van der Waals surface area contributed by atoms with Crippen LogP contribution < -0.4 is 20.5 Å². The molecule has 0 unspecified atom stereocenters. The molecule has 0 saturated heterocycles. The van der Waals surface area contributed by atoms with Crippen molar-refractivity contribution in [3.05, 3.63) is 24.0 Å². The second-order valence-corrected chi connectivity index (χ2v) is 8.01. The molecule has 0 atom stereocenters. The number of carbonyl (C=O) groups is 2. The zero-order valence-electron chi connectivity index (χ0n) is 16.5. The van der Waals surface area contributed by atoms with Crippen molar-refractivity contribution in [2.75, 3.05) is 24.3 Å². The Hall–Kier alpha value is -2.75. The topological polar surface area (TPSA) is 121 Å². The van der Waals surface area contributed by atoms with Crippen LogP contribution in [0.1, 0.15) is 26.1 Å². The Balaban J connectivity index is 1.61. The molecule has 0 spiro atoms. The number of thioether (sulfide) groups is 1. The molecule has 29 heavy (non-hydrogen) atoms. The molecule has 3 N–H and O–H groups in total. The van der Waals surface area contributed by atoms with Crippen LogP contribution in [0.5, 0.6) is 11.5 Å². The largest absolute Gasteiger partial charge is 0.486 e. The highest BCUT2D eigenvalue weighted by atomic mass is 32.2. The summed E-state index contributed by atoms with van der Waals surface area (Å²) in [6.45, 7) is 5.88. The normalized spacial score (nSPS) is 12.8. The Morgan fingerprint density at radius 2 is 2.00 bits per heavy atom. The molecule has 1 aliphatic heterocycles. The number of hydrogen-bond donors (Lipinski definition) is 2. The first-order valence-corrected chi connectivity index (χ1v) is 10.4. The van der Waals surface area contributed by atoms with Gasteiger partial charge < -0.3 is 25.1 Å². The SMILES string of the molecule is CC(C)Cn1c(CCC(N)=O)nnc1SCC(=O)Nc1ccc2c(c1)OCCO2. The van der Waals surface area contributed by atoms with Crippen LogP contribution >= 0.6 is 11.8 Å². The number of ether oxygens (including phenoxy) is 2. The average Bonchev–Trinajstić information content (AvgIpc) is 3.05. The number of carbonyl (C=O) groups excluding carboxylic acids is 2. The number of aryl methyl sites for hydroxylation is 1. The minimum Gasteiger partial charge on any atom is -0.486 e. The van der Waals surface area contributed by atoms with Gasteiger partial charge in [0.2, 0.25) is 11.8 Å². The van der Waals surface area contributed by atoms with Crippen molar-refractivity contribution in [2.45, 2.75) is 38.4 Å². The van der Waals surface area contributed by atoms with Crippen LogP contribution in [0.15, 0.2) is 23.4 Å². The fourth-order valence-electron chi connectivity index (χ4n) is 2.84. The van der Waals surface area contributed by atoms with E-state index in [1.54, 1.807) is 18.2 Å². The van der Waals surface area contributed by atoms with Gasteiger partial charge in [0.05, 0.1) is 5.75 Å². The molecule has 3 rings (SSSR count). The lowest BCUT2D eigenvalue weighted by Crippen LogP contribution is -2.18. The number of fused-ring (bicyclic) bond motifs is 1. The van der Waals surface area contributed by atoms with Crippen molar-refractivity contribution in [1.29, 1.82) is 0 Å². The summed E-state index contributed by atoms with van der Waals surface area (Å²) in [6.07, 6.45) is 0.643. The molecule has 156 valence electrons. The molecule has 9 nitrogen and oxygen atoms in total. The number of primary amides is 1. The first-order chi connectivity index (χ1) is 13.9. The number of aromatic nitrogens is 3. The van der Waals surface area contributed by atoms with Crippen LogP contribution in [0.4, 0.5) is 5.69 Å². The van der Waals surface area contributed by atoms with Gasteiger partial charge in [-0.15, -0.1) is 10.2 Å². The monoisotopic (exact) mass is 419 g/mol. The number of nitrogens with two attached hydrogens (primary N) is 1. The van der Waals surface area contributed by atoms with Gasteiger partial charge in [0.15, 0.2) is 16.7 Å². The molecule has 2 amide bonds. The lowest BCUT2D eigenvalue weighted by Gasteiger charge is -2.19. The lowest BCUT2D eigenvalue weighted by atomic mass is 10.2. The van der Waals surface area contributed by atoms with Crippen LogP contribution in [-0.4, -0.2) is 45.5 Å². The zero-order valence-corrected chi connectivity index (χ0v) is 17.3. The fourth-order valence-corrected chi connectivity index (χ4v) is 3.61. The van der Waals surface area contributed by atoms with Crippen LogP contribution in [0.25, 0.3) is 0 Å². The maximum atomic E-state index is 12.4. The molecule has 0 radical (unpaired) electrons. The minimum atomic E-state index is -0.378. The van der Waals surface area contributed by atoms with E-state index in [4.69, 9.17) is 15.2 Å². The van der Waals surface area contributed by atoms with Crippen LogP contribution in [-0.2, 0) is 22.6 Å². The van der Waals surface area contributed by atoms with Crippen LogP contribution in [0.3, 0.4) is 0 Å². The van der Waals surface area contributed by atoms with E-state index in [0.717, 1.165) is 0 Å². The third-order valence-electron chi connectivity index (χ3n) is 4.09. The number of anilines is 1. The van der Waals surface area contributed by atoms with Gasteiger partial charge in [-0.1, -0.05) is 25.6 Å². The van der Waals surface area contributed by atoms with Gasteiger partial charge in [-0.2, -0.15) is 0 Å². The molecule has 0 bridgehead atoms. The predicted molar refractivity (Wildman–Crippen MR) is 109 cm³/mol. The molecular formula is C19H25N5O4S. The van der Waals surface area contributed by atoms with E-state index in [1.807, 2.05) is 4.57 Å². The summed E-state index contributed by atoms with van der Waals surface area (Å²) in [5.74, 6) is 2.00. The van der Waals surface area contributed by atoms with E-state index < -0.39 is 0 Å². The molecule has 1 aromatic carbocycles. The molecule has 10 heteroatoms. The summed E-state index contributed by atoms with van der Waals surface area (Å²) in [4.78, 5) is 23.5. The number of benzene rings is 1. The van der Waals surface area contributed by atoms with E-state index in [2.05, 4.69) is 29.4 Å². The van der Waals surface area contributed by atoms with Gasteiger partial charge in [0, 0.05) is 31.1 Å². The van der Waals surface area contributed by atoms with Gasteiger partial charge in [-0.25, -0.2) is 0 Å². The Labute approximate surface area is 173 Å². The van der Waals surface area contributed by atoms with Gasteiger partial charge in [0.25, 0.3) is 0 Å². The maximum absolute atomic E-state index is 12.4. The Bertz CT molecular complexity index is 883.